The van der Waals surface area contributed by atoms with Crippen LogP contribution in [0.1, 0.15) is 35.7 Å². The van der Waals surface area contributed by atoms with Crippen molar-refractivity contribution in [2.75, 3.05) is 5.32 Å². The first-order valence-corrected chi connectivity index (χ1v) is 8.05. The van der Waals surface area contributed by atoms with Gasteiger partial charge in [0.05, 0.1) is 16.7 Å². The van der Waals surface area contributed by atoms with Gasteiger partial charge in [0.15, 0.2) is 0 Å². The van der Waals surface area contributed by atoms with E-state index in [2.05, 4.69) is 36.1 Å². The van der Waals surface area contributed by atoms with Crippen molar-refractivity contribution in [2.45, 2.75) is 40.2 Å². The van der Waals surface area contributed by atoms with Crippen LogP contribution >= 0.6 is 0 Å². The van der Waals surface area contributed by atoms with Gasteiger partial charge in [-0.05, 0) is 49.1 Å². The van der Waals surface area contributed by atoms with E-state index in [4.69, 9.17) is 0 Å². The van der Waals surface area contributed by atoms with Gasteiger partial charge in [-0.2, -0.15) is 0 Å². The maximum atomic E-state index is 13.0. The van der Waals surface area contributed by atoms with Gasteiger partial charge >= 0.3 is 0 Å². The summed E-state index contributed by atoms with van der Waals surface area (Å²) in [5, 5.41) is 3.52. The first-order valence-electron chi connectivity index (χ1n) is 8.05. The van der Waals surface area contributed by atoms with Gasteiger partial charge in [-0.1, -0.05) is 25.5 Å². The van der Waals surface area contributed by atoms with E-state index in [1.54, 1.807) is 0 Å². The minimum Gasteiger partial charge on any atom is -0.379 e. The van der Waals surface area contributed by atoms with Crippen molar-refractivity contribution in [3.05, 3.63) is 58.7 Å². The molecule has 0 amide bonds. The molecule has 1 aromatic carbocycles. The van der Waals surface area contributed by atoms with Crippen LogP contribution in [0, 0.1) is 19.7 Å². The van der Waals surface area contributed by atoms with Crippen molar-refractivity contribution < 1.29 is 4.39 Å². The van der Waals surface area contributed by atoms with Crippen molar-refractivity contribution in [1.82, 2.24) is 9.97 Å². The molecule has 2 N–H and O–H groups in total. The van der Waals surface area contributed by atoms with Crippen molar-refractivity contribution >= 4 is 16.7 Å². The van der Waals surface area contributed by atoms with Crippen LogP contribution in [-0.4, -0.2) is 9.97 Å². The molecule has 0 bridgehead atoms. The summed E-state index contributed by atoms with van der Waals surface area (Å²) in [6, 6.07) is 6.61. The SMILES string of the molecule is CCCc1cnc2c(C)c(C)[nH]c2c1NCc1ccc(F)cc1. The highest BCUT2D eigenvalue weighted by molar-refractivity contribution is 5.92. The molecule has 3 nitrogen and oxygen atoms in total. The summed E-state index contributed by atoms with van der Waals surface area (Å²) >= 11 is 0. The minimum atomic E-state index is -0.206. The molecule has 0 spiro atoms. The second-order valence-electron chi connectivity index (χ2n) is 5.99. The van der Waals surface area contributed by atoms with E-state index in [0.717, 1.165) is 40.8 Å². The van der Waals surface area contributed by atoms with E-state index < -0.39 is 0 Å². The molecule has 0 aliphatic heterocycles. The number of aromatic nitrogens is 2. The molecule has 0 saturated carbocycles. The smallest absolute Gasteiger partial charge is 0.123 e. The summed E-state index contributed by atoms with van der Waals surface area (Å²) < 4.78 is 13.0. The summed E-state index contributed by atoms with van der Waals surface area (Å²) in [4.78, 5) is 8.08. The number of benzene rings is 1. The highest BCUT2D eigenvalue weighted by Gasteiger charge is 2.13. The Balaban J connectivity index is 1.97. The Kier molecular flexibility index (Phi) is 4.33. The van der Waals surface area contributed by atoms with Crippen LogP contribution in [0.2, 0.25) is 0 Å². The van der Waals surface area contributed by atoms with E-state index in [-0.39, 0.29) is 5.82 Å². The Hall–Kier alpha value is -2.36. The molecule has 2 heterocycles. The van der Waals surface area contributed by atoms with Gasteiger partial charge in [-0.25, -0.2) is 4.39 Å². The molecule has 3 rings (SSSR count). The maximum absolute atomic E-state index is 13.0. The monoisotopic (exact) mass is 311 g/mol. The lowest BCUT2D eigenvalue weighted by atomic mass is 10.1. The van der Waals surface area contributed by atoms with Crippen molar-refractivity contribution in [2.24, 2.45) is 0 Å². The molecular formula is C19H22FN3. The molecule has 0 aliphatic rings. The van der Waals surface area contributed by atoms with Crippen LogP contribution in [0.3, 0.4) is 0 Å². The normalized spacial score (nSPS) is 11.1. The van der Waals surface area contributed by atoms with Crippen LogP contribution in [0.4, 0.5) is 10.1 Å². The predicted molar refractivity (Wildman–Crippen MR) is 93.3 cm³/mol. The number of anilines is 1. The number of hydrogen-bond acceptors (Lipinski definition) is 2. The van der Waals surface area contributed by atoms with Crippen molar-refractivity contribution in [3.8, 4) is 0 Å². The summed E-state index contributed by atoms with van der Waals surface area (Å²) in [5.41, 5.74) is 7.79. The first kappa shape index (κ1) is 15.5. The number of halogens is 1. The number of nitrogens with one attached hydrogen (secondary N) is 2. The molecule has 0 atom stereocenters. The molecule has 0 saturated heterocycles. The third kappa shape index (κ3) is 3.07. The van der Waals surface area contributed by atoms with Crippen LogP contribution in [0.25, 0.3) is 11.0 Å². The number of pyridine rings is 1. The van der Waals surface area contributed by atoms with Crippen LogP contribution in [0.5, 0.6) is 0 Å². The van der Waals surface area contributed by atoms with Gasteiger partial charge in [0.1, 0.15) is 5.82 Å². The Morgan fingerprint density at radius 1 is 1.17 bits per heavy atom. The number of H-pyrrole nitrogens is 1. The number of hydrogen-bond donors (Lipinski definition) is 2. The molecule has 0 fully saturated rings. The molecule has 120 valence electrons. The van der Waals surface area contributed by atoms with E-state index in [9.17, 15) is 4.39 Å². The molecule has 0 radical (unpaired) electrons. The van der Waals surface area contributed by atoms with Crippen LogP contribution in [0.15, 0.2) is 30.5 Å². The summed E-state index contributed by atoms with van der Waals surface area (Å²) in [5.74, 6) is -0.206. The van der Waals surface area contributed by atoms with Gasteiger partial charge < -0.3 is 10.3 Å². The van der Waals surface area contributed by atoms with Crippen LogP contribution in [-0.2, 0) is 13.0 Å². The molecule has 23 heavy (non-hydrogen) atoms. The average molecular weight is 311 g/mol. The molecule has 0 aliphatic carbocycles. The highest BCUT2D eigenvalue weighted by atomic mass is 19.1. The number of fused-ring (bicyclic) bond motifs is 1. The number of aromatic amines is 1. The fourth-order valence-corrected chi connectivity index (χ4v) is 2.87. The lowest BCUT2D eigenvalue weighted by Crippen LogP contribution is -2.04. The Labute approximate surface area is 136 Å². The fraction of sp³-hybridized carbons (Fsp3) is 0.316. The highest BCUT2D eigenvalue weighted by Crippen LogP contribution is 2.30. The first-order chi connectivity index (χ1) is 11.1. The second-order valence-corrected chi connectivity index (χ2v) is 5.99. The predicted octanol–water partition coefficient (Wildman–Crippen LogP) is 4.88. The van der Waals surface area contributed by atoms with Gasteiger partial charge in [-0.15, -0.1) is 0 Å². The molecular weight excluding hydrogens is 289 g/mol. The number of rotatable bonds is 5. The number of aryl methyl sites for hydroxylation is 3. The van der Waals surface area contributed by atoms with Gasteiger partial charge in [0.25, 0.3) is 0 Å². The minimum absolute atomic E-state index is 0.206. The lowest BCUT2D eigenvalue weighted by Gasteiger charge is -2.13. The van der Waals surface area contributed by atoms with Crippen LogP contribution < -0.4 is 5.32 Å². The zero-order valence-corrected chi connectivity index (χ0v) is 13.8. The van der Waals surface area contributed by atoms with Crippen molar-refractivity contribution in [1.29, 1.82) is 0 Å². The molecule has 3 aromatic rings. The quantitative estimate of drug-likeness (QED) is 0.705. The van der Waals surface area contributed by atoms with Crippen molar-refractivity contribution in [3.63, 3.8) is 0 Å². The van der Waals surface area contributed by atoms with E-state index in [1.807, 2.05) is 18.3 Å². The van der Waals surface area contributed by atoms with Gasteiger partial charge in [0.2, 0.25) is 0 Å². The summed E-state index contributed by atoms with van der Waals surface area (Å²) in [6.45, 7) is 6.98. The maximum Gasteiger partial charge on any atom is 0.123 e. The number of nitrogens with zero attached hydrogens (tertiary/aromatic N) is 1. The zero-order valence-electron chi connectivity index (χ0n) is 13.8. The average Bonchev–Trinajstić information content (AvgIpc) is 2.83. The molecule has 0 unspecified atom stereocenters. The fourth-order valence-electron chi connectivity index (χ4n) is 2.87. The topological polar surface area (TPSA) is 40.7 Å². The Bertz CT molecular complexity index is 819. The zero-order chi connectivity index (χ0) is 16.4. The second kappa shape index (κ2) is 6.41. The molecule has 4 heteroatoms. The van der Waals surface area contributed by atoms with E-state index >= 15 is 0 Å². The van der Waals surface area contributed by atoms with Gasteiger partial charge in [0, 0.05) is 18.4 Å². The third-order valence-electron chi connectivity index (χ3n) is 4.29. The van der Waals surface area contributed by atoms with E-state index in [0.29, 0.717) is 6.54 Å². The summed E-state index contributed by atoms with van der Waals surface area (Å²) in [7, 11) is 0. The summed E-state index contributed by atoms with van der Waals surface area (Å²) in [6.07, 6.45) is 4.02. The Morgan fingerprint density at radius 3 is 2.61 bits per heavy atom. The van der Waals surface area contributed by atoms with E-state index in [1.165, 1.54) is 23.3 Å². The standard InChI is InChI=1S/C19H22FN3/c1-4-5-15-11-22-17-12(2)13(3)23-19(17)18(15)21-10-14-6-8-16(20)9-7-14/h6-9,11,23H,4-5,10H2,1-3H3,(H,21,22). The Morgan fingerprint density at radius 2 is 1.91 bits per heavy atom. The lowest BCUT2D eigenvalue weighted by molar-refractivity contribution is 0.627. The largest absolute Gasteiger partial charge is 0.379 e. The van der Waals surface area contributed by atoms with Gasteiger partial charge in [-0.3, -0.25) is 4.98 Å². The third-order valence-corrected chi connectivity index (χ3v) is 4.29. The molecule has 2 aromatic heterocycles.